The molecule has 0 aliphatic heterocycles. The largest absolute Gasteiger partial charge is 0.397 e. The maximum atomic E-state index is 13.2. The number of aliphatic hydroxyl groups is 1. The molecule has 1 aromatic rings. The average molecular weight is 289 g/mol. The minimum Gasteiger partial charge on any atom is -0.397 e. The van der Waals surface area contributed by atoms with Gasteiger partial charge in [-0.1, -0.05) is 0 Å². The van der Waals surface area contributed by atoms with E-state index in [4.69, 9.17) is 10.8 Å². The van der Waals surface area contributed by atoms with Crippen LogP contribution in [0, 0.1) is 5.82 Å². The number of benzene rings is 1. The van der Waals surface area contributed by atoms with Crippen LogP contribution >= 0.6 is 15.9 Å². The molecular weight excluding hydrogens is 275 g/mol. The van der Waals surface area contributed by atoms with Crippen molar-refractivity contribution >= 4 is 27.3 Å². The Morgan fingerprint density at radius 2 is 2.19 bits per heavy atom. The molecule has 2 rings (SSSR count). The number of hydrogen-bond donors (Lipinski definition) is 2. The van der Waals surface area contributed by atoms with E-state index in [0.29, 0.717) is 22.7 Å². The first-order chi connectivity index (χ1) is 7.63. The monoisotopic (exact) mass is 288 g/mol. The molecule has 0 spiro atoms. The van der Waals surface area contributed by atoms with E-state index in [2.05, 4.69) is 15.9 Å². The third-order valence-corrected chi connectivity index (χ3v) is 3.32. The van der Waals surface area contributed by atoms with Crippen molar-refractivity contribution in [1.29, 1.82) is 0 Å². The van der Waals surface area contributed by atoms with Gasteiger partial charge < -0.3 is 15.7 Å². The van der Waals surface area contributed by atoms with Crippen molar-refractivity contribution < 1.29 is 9.50 Å². The molecule has 0 bridgehead atoms. The molecule has 3 N–H and O–H groups in total. The van der Waals surface area contributed by atoms with Crippen molar-refractivity contribution in [3.63, 3.8) is 0 Å². The topological polar surface area (TPSA) is 49.5 Å². The Bertz CT molecular complexity index is 396. The summed E-state index contributed by atoms with van der Waals surface area (Å²) in [6, 6.07) is 3.43. The lowest BCUT2D eigenvalue weighted by Crippen LogP contribution is -2.29. The Balaban J connectivity index is 2.32. The number of anilines is 2. The molecule has 0 aromatic heterocycles. The fourth-order valence-corrected chi connectivity index (χ4v) is 2.13. The van der Waals surface area contributed by atoms with Gasteiger partial charge in [0.15, 0.2) is 0 Å². The fourth-order valence-electron chi connectivity index (χ4n) is 1.79. The quantitative estimate of drug-likeness (QED) is 0.835. The first-order valence-electron chi connectivity index (χ1n) is 5.25. The standard InChI is InChI=1S/C11H14BrFN2O/c12-8-5-11(10(14)6-9(8)13)15(3-4-16)7-1-2-7/h5-7,16H,1-4,14H2. The number of halogens is 2. The minimum absolute atomic E-state index is 0.0743. The van der Waals surface area contributed by atoms with Gasteiger partial charge in [-0.25, -0.2) is 4.39 Å². The third kappa shape index (κ3) is 2.30. The molecule has 16 heavy (non-hydrogen) atoms. The molecule has 0 atom stereocenters. The zero-order valence-electron chi connectivity index (χ0n) is 8.79. The van der Waals surface area contributed by atoms with E-state index < -0.39 is 0 Å². The Hall–Kier alpha value is -0.810. The molecule has 5 heteroatoms. The van der Waals surface area contributed by atoms with E-state index in [-0.39, 0.29) is 12.4 Å². The van der Waals surface area contributed by atoms with Crippen LogP contribution in [-0.2, 0) is 0 Å². The second kappa shape index (κ2) is 4.59. The highest BCUT2D eigenvalue weighted by molar-refractivity contribution is 9.10. The van der Waals surface area contributed by atoms with E-state index in [1.54, 1.807) is 6.07 Å². The second-order valence-corrected chi connectivity index (χ2v) is 4.83. The highest BCUT2D eigenvalue weighted by Gasteiger charge is 2.30. The Morgan fingerprint density at radius 1 is 1.50 bits per heavy atom. The molecule has 0 saturated heterocycles. The molecular formula is C11H14BrFN2O. The molecule has 1 aromatic carbocycles. The zero-order valence-corrected chi connectivity index (χ0v) is 10.4. The van der Waals surface area contributed by atoms with Crippen LogP contribution in [0.15, 0.2) is 16.6 Å². The highest BCUT2D eigenvalue weighted by Crippen LogP contribution is 2.36. The van der Waals surface area contributed by atoms with E-state index in [1.807, 2.05) is 4.90 Å². The van der Waals surface area contributed by atoms with Crippen molar-refractivity contribution in [2.75, 3.05) is 23.8 Å². The first kappa shape index (κ1) is 11.7. The molecule has 1 aliphatic carbocycles. The van der Waals surface area contributed by atoms with Gasteiger partial charge in [0.1, 0.15) is 5.82 Å². The highest BCUT2D eigenvalue weighted by atomic mass is 79.9. The van der Waals surface area contributed by atoms with Crippen LogP contribution in [0.25, 0.3) is 0 Å². The summed E-state index contributed by atoms with van der Waals surface area (Å²) in [5.74, 6) is -0.360. The molecule has 1 fully saturated rings. The molecule has 3 nitrogen and oxygen atoms in total. The Labute approximate surface area is 102 Å². The maximum absolute atomic E-state index is 13.2. The number of nitrogens with two attached hydrogens (primary N) is 1. The predicted molar refractivity (Wildman–Crippen MR) is 66.0 cm³/mol. The maximum Gasteiger partial charge on any atom is 0.139 e. The zero-order chi connectivity index (χ0) is 11.7. The Morgan fingerprint density at radius 3 is 2.75 bits per heavy atom. The lowest BCUT2D eigenvalue weighted by atomic mass is 10.2. The van der Waals surface area contributed by atoms with Crippen molar-refractivity contribution in [2.45, 2.75) is 18.9 Å². The van der Waals surface area contributed by atoms with Crippen molar-refractivity contribution in [1.82, 2.24) is 0 Å². The smallest absolute Gasteiger partial charge is 0.139 e. The van der Waals surface area contributed by atoms with Gasteiger partial charge in [-0.2, -0.15) is 0 Å². The molecule has 1 aliphatic rings. The van der Waals surface area contributed by atoms with Crippen LogP contribution in [0.3, 0.4) is 0 Å². The van der Waals surface area contributed by atoms with Crippen LogP contribution in [0.2, 0.25) is 0 Å². The number of rotatable bonds is 4. The summed E-state index contributed by atoms with van der Waals surface area (Å²) in [5.41, 5.74) is 7.02. The van der Waals surface area contributed by atoms with Crippen LogP contribution in [0.5, 0.6) is 0 Å². The SMILES string of the molecule is Nc1cc(F)c(Br)cc1N(CCO)C1CC1. The molecule has 0 amide bonds. The van der Waals surface area contributed by atoms with Crippen LogP contribution in [0.4, 0.5) is 15.8 Å². The summed E-state index contributed by atoms with van der Waals surface area (Å²) in [5, 5.41) is 9.02. The molecule has 0 unspecified atom stereocenters. The number of aliphatic hydroxyl groups excluding tert-OH is 1. The normalized spacial score (nSPS) is 15.2. The van der Waals surface area contributed by atoms with Gasteiger partial charge in [0, 0.05) is 18.7 Å². The van der Waals surface area contributed by atoms with E-state index in [0.717, 1.165) is 18.5 Å². The van der Waals surface area contributed by atoms with Crippen LogP contribution in [-0.4, -0.2) is 24.3 Å². The number of nitrogen functional groups attached to an aromatic ring is 1. The molecule has 1 saturated carbocycles. The van der Waals surface area contributed by atoms with Crippen molar-refractivity contribution in [3.8, 4) is 0 Å². The van der Waals surface area contributed by atoms with Crippen molar-refractivity contribution in [3.05, 3.63) is 22.4 Å². The van der Waals surface area contributed by atoms with E-state index in [9.17, 15) is 4.39 Å². The minimum atomic E-state index is -0.360. The lowest BCUT2D eigenvalue weighted by Gasteiger charge is -2.25. The van der Waals surface area contributed by atoms with Gasteiger partial charge in [0.05, 0.1) is 22.5 Å². The number of hydrogen-bond acceptors (Lipinski definition) is 3. The van der Waals surface area contributed by atoms with E-state index >= 15 is 0 Å². The van der Waals surface area contributed by atoms with E-state index in [1.165, 1.54) is 6.07 Å². The average Bonchev–Trinajstić information content (AvgIpc) is 3.04. The first-order valence-corrected chi connectivity index (χ1v) is 6.05. The number of nitrogens with zero attached hydrogens (tertiary/aromatic N) is 1. The summed E-state index contributed by atoms with van der Waals surface area (Å²) < 4.78 is 13.6. The predicted octanol–water partition coefficient (Wildman–Crippen LogP) is 2.13. The van der Waals surface area contributed by atoms with Crippen molar-refractivity contribution in [2.24, 2.45) is 0 Å². The summed E-state index contributed by atoms with van der Waals surface area (Å²) >= 11 is 3.15. The summed E-state index contributed by atoms with van der Waals surface area (Å²) in [7, 11) is 0. The molecule has 0 heterocycles. The summed E-state index contributed by atoms with van der Waals surface area (Å²) in [6.45, 7) is 0.609. The van der Waals surface area contributed by atoms with Gasteiger partial charge in [0.25, 0.3) is 0 Å². The van der Waals surface area contributed by atoms with Gasteiger partial charge in [-0.3, -0.25) is 0 Å². The van der Waals surface area contributed by atoms with Gasteiger partial charge in [-0.15, -0.1) is 0 Å². The van der Waals surface area contributed by atoms with Crippen LogP contribution in [0.1, 0.15) is 12.8 Å². The molecule has 0 radical (unpaired) electrons. The van der Waals surface area contributed by atoms with Gasteiger partial charge >= 0.3 is 0 Å². The third-order valence-electron chi connectivity index (χ3n) is 2.71. The Kier molecular flexibility index (Phi) is 3.35. The molecule has 88 valence electrons. The van der Waals surface area contributed by atoms with Crippen LogP contribution < -0.4 is 10.6 Å². The van der Waals surface area contributed by atoms with Gasteiger partial charge in [-0.05, 0) is 34.8 Å². The summed E-state index contributed by atoms with van der Waals surface area (Å²) in [4.78, 5) is 2.04. The fraction of sp³-hybridized carbons (Fsp3) is 0.455. The lowest BCUT2D eigenvalue weighted by molar-refractivity contribution is 0.301. The van der Waals surface area contributed by atoms with Gasteiger partial charge in [0.2, 0.25) is 0 Å². The summed E-state index contributed by atoms with van der Waals surface area (Å²) in [6.07, 6.45) is 2.21. The second-order valence-electron chi connectivity index (χ2n) is 3.97.